The molecule has 4 heteroatoms. The summed E-state index contributed by atoms with van der Waals surface area (Å²) in [7, 11) is 0. The van der Waals surface area contributed by atoms with Crippen LogP contribution in [0.5, 0.6) is 0 Å². The van der Waals surface area contributed by atoms with E-state index in [4.69, 9.17) is 12.2 Å². The number of hydrogen-bond donors (Lipinski definition) is 2. The molecule has 2 N–H and O–H groups in total. The lowest BCUT2D eigenvalue weighted by molar-refractivity contribution is 0.949. The summed E-state index contributed by atoms with van der Waals surface area (Å²) in [4.78, 5) is 2.46. The molecule has 25 heavy (non-hydrogen) atoms. The number of hydrogen-bond acceptors (Lipinski definition) is 2. The summed E-state index contributed by atoms with van der Waals surface area (Å²) in [6, 6.07) is 17.4. The second-order valence-corrected chi connectivity index (χ2v) is 7.04. The van der Waals surface area contributed by atoms with Gasteiger partial charge >= 0.3 is 0 Å². The number of nitrogens with one attached hydrogen (secondary N) is 2. The molecule has 3 aromatic rings. The monoisotopic (exact) mass is 349 g/mol. The van der Waals surface area contributed by atoms with Gasteiger partial charge in [-0.15, -0.1) is 0 Å². The molecule has 4 rings (SSSR count). The molecule has 0 unspecified atom stereocenters. The minimum Gasteiger partial charge on any atom is -0.372 e. The number of H-pyrrole nitrogens is 2. The van der Waals surface area contributed by atoms with Gasteiger partial charge in [-0.25, -0.2) is 0 Å². The van der Waals surface area contributed by atoms with Gasteiger partial charge < -0.3 is 4.90 Å². The lowest BCUT2D eigenvalue weighted by Gasteiger charge is -2.18. The maximum Gasteiger partial charge on any atom is 0.127 e. The molecule has 1 aromatic heterocycles. The molecule has 0 spiro atoms. The fourth-order valence-electron chi connectivity index (χ4n) is 3.63. The van der Waals surface area contributed by atoms with Crippen LogP contribution in [0.2, 0.25) is 0 Å². The Bertz CT molecular complexity index is 932. The summed E-state index contributed by atoms with van der Waals surface area (Å²) in [6.07, 6.45) is 3.59. The summed E-state index contributed by atoms with van der Waals surface area (Å²) >= 11 is 5.59. The lowest BCUT2D eigenvalue weighted by Crippen LogP contribution is -2.17. The van der Waals surface area contributed by atoms with Gasteiger partial charge in [-0.1, -0.05) is 49.5 Å². The second kappa shape index (κ2) is 6.89. The Morgan fingerprint density at radius 2 is 1.72 bits per heavy atom. The van der Waals surface area contributed by atoms with Crippen LogP contribution in [0.1, 0.15) is 25.3 Å². The van der Waals surface area contributed by atoms with E-state index in [1.165, 1.54) is 35.2 Å². The van der Waals surface area contributed by atoms with Crippen molar-refractivity contribution in [2.45, 2.75) is 26.2 Å². The Labute approximate surface area is 153 Å². The van der Waals surface area contributed by atoms with E-state index in [1.807, 2.05) is 0 Å². The minimum atomic E-state index is 0.760. The van der Waals surface area contributed by atoms with Gasteiger partial charge in [0, 0.05) is 29.9 Å². The number of rotatable bonds is 4. The Balaban J connectivity index is 1.80. The number of nitrogens with zero attached hydrogens (tertiary/aromatic N) is 1. The van der Waals surface area contributed by atoms with Crippen molar-refractivity contribution in [1.82, 2.24) is 10.2 Å². The minimum absolute atomic E-state index is 0.760. The molecule has 1 aliphatic heterocycles. The number of benzene rings is 2. The van der Waals surface area contributed by atoms with Crippen molar-refractivity contribution in [1.29, 1.82) is 0 Å². The van der Waals surface area contributed by atoms with E-state index in [0.29, 0.717) is 0 Å². The predicted octanol–water partition coefficient (Wildman–Crippen LogP) is 5.57. The van der Waals surface area contributed by atoms with Gasteiger partial charge in [-0.3, -0.25) is 10.2 Å². The average Bonchev–Trinajstić information content (AvgIpc) is 3.32. The first-order valence-electron chi connectivity index (χ1n) is 9.01. The van der Waals surface area contributed by atoms with Gasteiger partial charge in [0.05, 0.1) is 5.69 Å². The Kier molecular flexibility index (Phi) is 4.45. The molecule has 0 amide bonds. The molecule has 0 bridgehead atoms. The lowest BCUT2D eigenvalue weighted by atomic mass is 9.99. The highest BCUT2D eigenvalue weighted by Gasteiger charge is 2.16. The zero-order valence-electron chi connectivity index (χ0n) is 14.5. The fourth-order valence-corrected chi connectivity index (χ4v) is 3.90. The third kappa shape index (κ3) is 3.14. The van der Waals surface area contributed by atoms with E-state index >= 15 is 0 Å². The predicted molar refractivity (Wildman–Crippen MR) is 108 cm³/mol. The third-order valence-electron chi connectivity index (χ3n) is 5.01. The third-order valence-corrected chi connectivity index (χ3v) is 5.31. The Morgan fingerprint density at radius 1 is 0.960 bits per heavy atom. The van der Waals surface area contributed by atoms with Crippen LogP contribution in [0, 0.1) is 4.64 Å². The van der Waals surface area contributed by atoms with Crippen LogP contribution in [0.4, 0.5) is 5.69 Å². The summed E-state index contributed by atoms with van der Waals surface area (Å²) in [5, 5.41) is 6.42. The number of anilines is 1. The van der Waals surface area contributed by atoms with Crippen molar-refractivity contribution < 1.29 is 0 Å². The number of aromatic amines is 2. The summed E-state index contributed by atoms with van der Waals surface area (Å²) in [5.41, 5.74) is 7.12. The van der Waals surface area contributed by atoms with Gasteiger partial charge in [-0.05, 0) is 48.6 Å². The largest absolute Gasteiger partial charge is 0.372 e. The normalized spacial score (nSPS) is 14.2. The van der Waals surface area contributed by atoms with Gasteiger partial charge in [0.25, 0.3) is 0 Å². The molecule has 2 heterocycles. The van der Waals surface area contributed by atoms with E-state index in [2.05, 4.69) is 70.6 Å². The highest BCUT2D eigenvalue weighted by molar-refractivity contribution is 7.71. The van der Waals surface area contributed by atoms with Crippen LogP contribution in [0.15, 0.2) is 48.5 Å². The molecule has 1 fully saturated rings. The quantitative estimate of drug-likeness (QED) is 0.604. The SMILES string of the molecule is CCc1cccc(-c2[nH][nH]c(=S)c2-c2cccc(N3CCCC3)c2)c1. The first kappa shape index (κ1) is 16.2. The van der Waals surface area contributed by atoms with E-state index in [1.54, 1.807) is 0 Å². The molecular formula is C21H23N3S. The molecule has 0 aliphatic carbocycles. The smallest absolute Gasteiger partial charge is 0.127 e. The van der Waals surface area contributed by atoms with Gasteiger partial charge in [0.15, 0.2) is 0 Å². The van der Waals surface area contributed by atoms with Crippen LogP contribution >= 0.6 is 12.2 Å². The zero-order valence-corrected chi connectivity index (χ0v) is 15.3. The summed E-state index contributed by atoms with van der Waals surface area (Å²) in [5.74, 6) is 0. The van der Waals surface area contributed by atoms with Crippen LogP contribution in [0.3, 0.4) is 0 Å². The van der Waals surface area contributed by atoms with Crippen molar-refractivity contribution in [2.24, 2.45) is 0 Å². The molecule has 2 aromatic carbocycles. The van der Waals surface area contributed by atoms with Crippen molar-refractivity contribution in [2.75, 3.05) is 18.0 Å². The maximum absolute atomic E-state index is 5.59. The molecule has 0 radical (unpaired) electrons. The van der Waals surface area contributed by atoms with E-state index in [0.717, 1.165) is 35.4 Å². The number of aryl methyl sites for hydroxylation is 1. The number of aromatic nitrogens is 2. The van der Waals surface area contributed by atoms with Crippen molar-refractivity contribution in [3.8, 4) is 22.4 Å². The highest BCUT2D eigenvalue weighted by atomic mass is 32.1. The molecule has 1 aliphatic rings. The van der Waals surface area contributed by atoms with Crippen molar-refractivity contribution in [3.63, 3.8) is 0 Å². The Hall–Kier alpha value is -2.33. The molecule has 3 nitrogen and oxygen atoms in total. The molecular weight excluding hydrogens is 326 g/mol. The van der Waals surface area contributed by atoms with Crippen molar-refractivity contribution >= 4 is 17.9 Å². The summed E-state index contributed by atoms with van der Waals surface area (Å²) < 4.78 is 0.760. The fraction of sp³-hybridized carbons (Fsp3) is 0.286. The van der Waals surface area contributed by atoms with Gasteiger partial charge in [0.2, 0.25) is 0 Å². The van der Waals surface area contributed by atoms with E-state index < -0.39 is 0 Å². The Morgan fingerprint density at radius 3 is 2.52 bits per heavy atom. The first-order chi connectivity index (χ1) is 12.3. The van der Waals surface area contributed by atoms with E-state index in [-0.39, 0.29) is 0 Å². The second-order valence-electron chi connectivity index (χ2n) is 6.63. The average molecular weight is 350 g/mol. The molecule has 0 atom stereocenters. The van der Waals surface area contributed by atoms with Crippen molar-refractivity contribution in [3.05, 3.63) is 58.7 Å². The van der Waals surface area contributed by atoms with Crippen LogP contribution in [-0.2, 0) is 6.42 Å². The maximum atomic E-state index is 5.59. The molecule has 0 saturated carbocycles. The standard InChI is InChI=1S/C21H23N3S/c1-2-15-7-5-9-17(13-15)20-19(21(25)23-22-20)16-8-6-10-18(14-16)24-11-3-4-12-24/h5-10,13-14H,2-4,11-12H2,1H3,(H2,22,23,25). The van der Waals surface area contributed by atoms with E-state index in [9.17, 15) is 0 Å². The van der Waals surface area contributed by atoms with Gasteiger partial charge in [-0.2, -0.15) is 0 Å². The molecule has 1 saturated heterocycles. The van der Waals surface area contributed by atoms with Crippen LogP contribution in [0.25, 0.3) is 22.4 Å². The van der Waals surface area contributed by atoms with Crippen LogP contribution in [-0.4, -0.2) is 23.3 Å². The molecule has 128 valence electrons. The first-order valence-corrected chi connectivity index (χ1v) is 9.42. The summed E-state index contributed by atoms with van der Waals surface area (Å²) in [6.45, 7) is 4.47. The van der Waals surface area contributed by atoms with Gasteiger partial charge in [0.1, 0.15) is 4.64 Å². The zero-order chi connectivity index (χ0) is 17.2. The topological polar surface area (TPSA) is 34.8 Å². The van der Waals surface area contributed by atoms with Crippen LogP contribution < -0.4 is 4.90 Å². The highest BCUT2D eigenvalue weighted by Crippen LogP contribution is 2.34.